The van der Waals surface area contributed by atoms with E-state index in [4.69, 9.17) is 21.1 Å². The molecule has 42 heavy (non-hydrogen) atoms. The van der Waals surface area contributed by atoms with Crippen molar-refractivity contribution in [2.24, 2.45) is 4.99 Å². The number of aromatic nitrogens is 1. The predicted octanol–water partition coefficient (Wildman–Crippen LogP) is 5.25. The third-order valence-electron chi connectivity index (χ3n) is 6.75. The quantitative estimate of drug-likeness (QED) is 0.154. The monoisotopic (exact) mass is 603 g/mol. The van der Waals surface area contributed by atoms with Crippen LogP contribution in [0.1, 0.15) is 42.1 Å². The summed E-state index contributed by atoms with van der Waals surface area (Å²) in [5.74, 6) is -0.0709. The number of ether oxygens (including phenoxy) is 2. The molecule has 0 saturated carbocycles. The summed E-state index contributed by atoms with van der Waals surface area (Å²) in [7, 11) is 0. The third kappa shape index (κ3) is 5.77. The van der Waals surface area contributed by atoms with E-state index in [1.165, 1.54) is 10.6 Å². The lowest BCUT2D eigenvalue weighted by Crippen LogP contribution is -2.40. The van der Waals surface area contributed by atoms with E-state index in [-0.39, 0.29) is 24.5 Å². The molecule has 0 fully saturated rings. The summed E-state index contributed by atoms with van der Waals surface area (Å²) in [6.45, 7) is 5.37. The number of halogens is 1. The molecule has 9 nitrogen and oxygen atoms in total. The largest absolute Gasteiger partial charge is 0.488 e. The molecule has 1 aliphatic heterocycles. The highest BCUT2D eigenvalue weighted by Gasteiger charge is 2.34. The highest BCUT2D eigenvalue weighted by Crippen LogP contribution is 2.33. The van der Waals surface area contributed by atoms with E-state index >= 15 is 0 Å². The van der Waals surface area contributed by atoms with Crippen molar-refractivity contribution in [3.8, 4) is 5.75 Å². The molecule has 5 rings (SSSR count). The Hall–Kier alpha value is -4.54. The van der Waals surface area contributed by atoms with Crippen molar-refractivity contribution in [2.45, 2.75) is 33.4 Å². The number of esters is 1. The van der Waals surface area contributed by atoms with Crippen LogP contribution < -0.4 is 19.6 Å². The van der Waals surface area contributed by atoms with Crippen LogP contribution in [0.25, 0.3) is 6.08 Å². The number of benzene rings is 3. The lowest BCUT2D eigenvalue weighted by Gasteiger charge is -2.24. The Balaban J connectivity index is 1.63. The molecule has 0 spiro atoms. The van der Waals surface area contributed by atoms with Gasteiger partial charge in [0.05, 0.1) is 33.4 Å². The van der Waals surface area contributed by atoms with Crippen molar-refractivity contribution in [1.29, 1.82) is 0 Å². The summed E-state index contributed by atoms with van der Waals surface area (Å²) >= 11 is 7.27. The number of aryl methyl sites for hydroxylation is 1. The third-order valence-corrected chi connectivity index (χ3v) is 7.97. The second kappa shape index (κ2) is 12.1. The van der Waals surface area contributed by atoms with Gasteiger partial charge in [0.1, 0.15) is 12.4 Å². The van der Waals surface area contributed by atoms with Gasteiger partial charge in [-0.05, 0) is 56.2 Å². The minimum Gasteiger partial charge on any atom is -0.488 e. The number of allylic oxidation sites excluding steroid dienone is 1. The van der Waals surface area contributed by atoms with Gasteiger partial charge in [-0.1, -0.05) is 65.4 Å². The van der Waals surface area contributed by atoms with Crippen LogP contribution in [-0.4, -0.2) is 22.1 Å². The van der Waals surface area contributed by atoms with Gasteiger partial charge in [-0.2, -0.15) is 0 Å². The number of thiazole rings is 1. The molecule has 0 aliphatic carbocycles. The molecule has 0 amide bonds. The van der Waals surface area contributed by atoms with Crippen molar-refractivity contribution in [3.63, 3.8) is 0 Å². The molecule has 2 heterocycles. The highest BCUT2D eigenvalue weighted by molar-refractivity contribution is 7.07. The van der Waals surface area contributed by atoms with Gasteiger partial charge < -0.3 is 9.47 Å². The number of nitro benzene ring substituents is 1. The molecule has 1 aromatic heterocycles. The van der Waals surface area contributed by atoms with Crippen molar-refractivity contribution in [3.05, 3.63) is 135 Å². The van der Waals surface area contributed by atoms with Gasteiger partial charge in [0.25, 0.3) is 11.2 Å². The first-order chi connectivity index (χ1) is 20.2. The molecule has 1 aliphatic rings. The summed E-state index contributed by atoms with van der Waals surface area (Å²) < 4.78 is 13.1. The number of nitro groups is 1. The number of hydrogen-bond donors (Lipinski definition) is 0. The standard InChI is InChI=1S/C31H26ClN3O6S/c1-4-40-30(37)27-19(3)33-31-34(28(27)22-13-12-18(2)24(15-22)35(38)39)29(36)26(42-31)16-21-9-5-6-11-25(21)41-17-20-8-7-10-23(32)14-20/h5-16,28H,4,17H2,1-3H3/b26-16+/t28-/m1/s1. The molecule has 11 heteroatoms. The van der Waals surface area contributed by atoms with Crippen molar-refractivity contribution < 1.29 is 19.2 Å². The first-order valence-corrected chi connectivity index (χ1v) is 14.3. The van der Waals surface area contributed by atoms with Gasteiger partial charge in [0.2, 0.25) is 0 Å². The summed E-state index contributed by atoms with van der Waals surface area (Å²) in [5, 5.41) is 12.4. The molecule has 3 aromatic carbocycles. The Morgan fingerprint density at radius 1 is 1.14 bits per heavy atom. The van der Waals surface area contributed by atoms with Gasteiger partial charge in [0.15, 0.2) is 4.80 Å². The van der Waals surface area contributed by atoms with Crippen molar-refractivity contribution in [2.75, 3.05) is 6.61 Å². The Labute approximate surface area is 249 Å². The van der Waals surface area contributed by atoms with Gasteiger partial charge in [0, 0.05) is 22.2 Å². The Morgan fingerprint density at radius 2 is 1.93 bits per heavy atom. The average molecular weight is 604 g/mol. The summed E-state index contributed by atoms with van der Waals surface area (Å²) in [6, 6.07) is 18.4. The Kier molecular flexibility index (Phi) is 8.37. The van der Waals surface area contributed by atoms with Crippen LogP contribution in [0.5, 0.6) is 5.75 Å². The zero-order valence-electron chi connectivity index (χ0n) is 23.0. The van der Waals surface area contributed by atoms with Crippen molar-refractivity contribution in [1.82, 2.24) is 4.57 Å². The van der Waals surface area contributed by atoms with Gasteiger partial charge in [-0.25, -0.2) is 9.79 Å². The maximum Gasteiger partial charge on any atom is 0.338 e. The van der Waals surface area contributed by atoms with Crippen LogP contribution in [0, 0.1) is 17.0 Å². The first-order valence-electron chi connectivity index (χ1n) is 13.1. The van der Waals surface area contributed by atoms with Crippen LogP contribution in [0.3, 0.4) is 0 Å². The number of fused-ring (bicyclic) bond motifs is 1. The van der Waals surface area contributed by atoms with Gasteiger partial charge in [-0.15, -0.1) is 0 Å². The van der Waals surface area contributed by atoms with E-state index in [9.17, 15) is 19.7 Å². The zero-order chi connectivity index (χ0) is 30.0. The Morgan fingerprint density at radius 3 is 2.67 bits per heavy atom. The minimum absolute atomic E-state index is 0.113. The van der Waals surface area contributed by atoms with Crippen LogP contribution in [0.15, 0.2) is 87.8 Å². The normalized spacial score (nSPS) is 14.8. The SMILES string of the molecule is CCOC(=O)C1=C(C)N=c2s/c(=C/c3ccccc3OCc3cccc(Cl)c3)c(=O)n2[C@@H]1c1ccc(C)c([N+](=O)[O-])c1. The lowest BCUT2D eigenvalue weighted by molar-refractivity contribution is -0.385. The molecule has 4 aromatic rings. The number of carbonyl (C=O) groups is 1. The molecule has 0 radical (unpaired) electrons. The average Bonchev–Trinajstić information content (AvgIpc) is 3.26. The number of rotatable bonds is 8. The molecular weight excluding hydrogens is 578 g/mol. The second-order valence-corrected chi connectivity index (χ2v) is 11.0. The minimum atomic E-state index is -0.962. The van der Waals surface area contributed by atoms with Gasteiger partial charge in [-0.3, -0.25) is 19.5 Å². The van der Waals surface area contributed by atoms with E-state index in [1.54, 1.807) is 45.0 Å². The molecule has 0 N–H and O–H groups in total. The fourth-order valence-electron chi connectivity index (χ4n) is 4.76. The lowest BCUT2D eigenvalue weighted by atomic mass is 9.94. The molecule has 214 valence electrons. The van der Waals surface area contributed by atoms with Crippen LogP contribution in [0.4, 0.5) is 5.69 Å². The molecule has 0 bridgehead atoms. The molecule has 0 unspecified atom stereocenters. The number of nitrogens with zero attached hydrogens (tertiary/aromatic N) is 3. The van der Waals surface area contributed by atoms with Crippen LogP contribution in [0.2, 0.25) is 5.02 Å². The summed E-state index contributed by atoms with van der Waals surface area (Å²) in [5.41, 5.74) is 2.45. The number of hydrogen-bond acceptors (Lipinski definition) is 8. The van der Waals surface area contributed by atoms with E-state index in [0.29, 0.717) is 42.5 Å². The molecule has 1 atom stereocenters. The fourth-order valence-corrected chi connectivity index (χ4v) is 6.01. The van der Waals surface area contributed by atoms with Gasteiger partial charge >= 0.3 is 5.97 Å². The molecular formula is C31H26ClN3O6S. The smallest absolute Gasteiger partial charge is 0.338 e. The summed E-state index contributed by atoms with van der Waals surface area (Å²) in [4.78, 5) is 43.3. The number of carbonyl (C=O) groups excluding carboxylic acids is 1. The Bertz CT molecular complexity index is 1930. The number of para-hydroxylation sites is 1. The van der Waals surface area contributed by atoms with E-state index in [1.807, 2.05) is 42.5 Å². The fraction of sp³-hybridized carbons (Fsp3) is 0.194. The topological polar surface area (TPSA) is 113 Å². The summed E-state index contributed by atoms with van der Waals surface area (Å²) in [6.07, 6.45) is 1.72. The predicted molar refractivity (Wildman–Crippen MR) is 160 cm³/mol. The molecule has 0 saturated heterocycles. The maximum atomic E-state index is 14.0. The van der Waals surface area contributed by atoms with E-state index in [0.717, 1.165) is 16.9 Å². The second-order valence-electron chi connectivity index (χ2n) is 9.56. The van der Waals surface area contributed by atoms with Crippen molar-refractivity contribution >= 4 is 40.7 Å². The maximum absolute atomic E-state index is 14.0. The van der Waals surface area contributed by atoms with Crippen LogP contribution >= 0.6 is 22.9 Å². The van der Waals surface area contributed by atoms with Crippen LogP contribution in [-0.2, 0) is 16.1 Å². The van der Waals surface area contributed by atoms with E-state index < -0.39 is 22.5 Å². The zero-order valence-corrected chi connectivity index (χ0v) is 24.6. The highest BCUT2D eigenvalue weighted by atomic mass is 35.5. The van der Waals surface area contributed by atoms with E-state index in [2.05, 4.69) is 4.99 Å². The first kappa shape index (κ1) is 29.0.